The third-order valence-corrected chi connectivity index (χ3v) is 6.45. The van der Waals surface area contributed by atoms with E-state index in [0.29, 0.717) is 30.7 Å². The van der Waals surface area contributed by atoms with Crippen LogP contribution in [0.15, 0.2) is 40.0 Å². The van der Waals surface area contributed by atoms with Crippen LogP contribution in [-0.4, -0.2) is 59.9 Å². The molecule has 1 saturated heterocycles. The van der Waals surface area contributed by atoms with E-state index in [1.54, 1.807) is 12.3 Å². The molecule has 7 nitrogen and oxygen atoms in total. The highest BCUT2D eigenvalue weighted by Crippen LogP contribution is 2.40. The molecule has 3 aliphatic rings. The zero-order valence-electron chi connectivity index (χ0n) is 15.7. The quantitative estimate of drug-likeness (QED) is 0.759. The summed E-state index contributed by atoms with van der Waals surface area (Å²) < 4.78 is 10.9. The lowest BCUT2D eigenvalue weighted by atomic mass is 9.90. The number of hydrogen-bond donors (Lipinski definition) is 1. The van der Waals surface area contributed by atoms with Gasteiger partial charge in [0.1, 0.15) is 17.1 Å². The van der Waals surface area contributed by atoms with Crippen LogP contribution in [0.1, 0.15) is 31.1 Å². The lowest BCUT2D eigenvalue weighted by Gasteiger charge is -2.24. The Balaban J connectivity index is 1.43. The molecule has 1 N–H and O–H groups in total. The third-order valence-electron chi connectivity index (χ3n) is 5.28. The molecule has 0 saturated carbocycles. The van der Waals surface area contributed by atoms with Crippen molar-refractivity contribution in [2.75, 3.05) is 32.8 Å². The molecule has 3 aliphatic heterocycles. The molecule has 0 radical (unpaired) electrons. The Morgan fingerprint density at radius 3 is 2.86 bits per heavy atom. The second-order valence-corrected chi connectivity index (χ2v) is 8.40. The van der Waals surface area contributed by atoms with E-state index in [4.69, 9.17) is 9.15 Å². The molecule has 0 aliphatic carbocycles. The molecule has 1 aromatic rings. The lowest BCUT2D eigenvalue weighted by molar-refractivity contribution is -0.125. The summed E-state index contributed by atoms with van der Waals surface area (Å²) in [7, 11) is 0. The largest absolute Gasteiger partial charge is 0.467 e. The molecule has 8 heteroatoms. The zero-order valence-corrected chi connectivity index (χ0v) is 16.5. The summed E-state index contributed by atoms with van der Waals surface area (Å²) in [6.45, 7) is 3.23. The molecule has 0 aromatic carbocycles. The average Bonchev–Trinajstić information content (AvgIpc) is 3.38. The number of amidine groups is 1. The molecular formula is C20H25N3O4S. The van der Waals surface area contributed by atoms with Gasteiger partial charge < -0.3 is 14.5 Å². The van der Waals surface area contributed by atoms with E-state index in [9.17, 15) is 9.59 Å². The van der Waals surface area contributed by atoms with Crippen LogP contribution in [0.25, 0.3) is 0 Å². The summed E-state index contributed by atoms with van der Waals surface area (Å²) in [6, 6.07) is 3.24. The Bertz CT molecular complexity index is 756. The number of hydrogen-bond acceptors (Lipinski definition) is 7. The molecule has 1 unspecified atom stereocenters. The van der Waals surface area contributed by atoms with Crippen molar-refractivity contribution in [3.8, 4) is 0 Å². The topological polar surface area (TPSA) is 84.1 Å². The van der Waals surface area contributed by atoms with Gasteiger partial charge >= 0.3 is 0 Å². The van der Waals surface area contributed by atoms with E-state index >= 15 is 0 Å². The summed E-state index contributed by atoms with van der Waals surface area (Å²) in [6.07, 6.45) is 8.24. The number of nitrogens with zero attached hydrogens (tertiary/aromatic N) is 2. The van der Waals surface area contributed by atoms with E-state index in [-0.39, 0.29) is 22.9 Å². The molecular weight excluding hydrogens is 378 g/mol. The summed E-state index contributed by atoms with van der Waals surface area (Å²) in [5, 5.41) is 3.03. The first kappa shape index (κ1) is 19.4. The van der Waals surface area contributed by atoms with Gasteiger partial charge in [-0.3, -0.25) is 14.5 Å². The van der Waals surface area contributed by atoms with E-state index < -0.39 is 6.04 Å². The molecule has 0 spiro atoms. The van der Waals surface area contributed by atoms with E-state index in [1.165, 1.54) is 11.8 Å². The van der Waals surface area contributed by atoms with Crippen LogP contribution in [0.3, 0.4) is 0 Å². The van der Waals surface area contributed by atoms with Crippen molar-refractivity contribution in [1.82, 2.24) is 10.2 Å². The van der Waals surface area contributed by atoms with Crippen LogP contribution in [0.2, 0.25) is 0 Å². The van der Waals surface area contributed by atoms with E-state index in [2.05, 4.69) is 27.4 Å². The molecule has 2 atom stereocenters. The van der Waals surface area contributed by atoms with Crippen molar-refractivity contribution in [1.29, 1.82) is 0 Å². The minimum Gasteiger partial charge on any atom is -0.467 e. The van der Waals surface area contributed by atoms with Crippen LogP contribution in [0.5, 0.6) is 0 Å². The van der Waals surface area contributed by atoms with Gasteiger partial charge in [0, 0.05) is 32.2 Å². The maximum atomic E-state index is 13.1. The molecule has 28 heavy (non-hydrogen) atoms. The second-order valence-electron chi connectivity index (χ2n) is 7.27. The van der Waals surface area contributed by atoms with Crippen molar-refractivity contribution in [3.05, 3.63) is 36.3 Å². The number of amides is 1. The van der Waals surface area contributed by atoms with Crippen LogP contribution in [-0.2, 0) is 14.3 Å². The minimum absolute atomic E-state index is 0.0194. The zero-order chi connectivity index (χ0) is 19.3. The average molecular weight is 404 g/mol. The highest BCUT2D eigenvalue weighted by Gasteiger charge is 2.41. The standard InChI is InChI=1S/C20H25N3O4S/c24-16(13-23-8-2-1-3-9-23)21-20-22-17(15-5-4-10-27-15)19(28-20)18(25)14-6-11-26-12-7-14/h1-2,4-5,10,14,17,19H,3,6-9,11-13H2,(H,21,22,24)/t17-,19?/m0/s1. The SMILES string of the molecule is O=C(CN1CC=CCC1)NC1=N[C@@H](c2ccco2)C(C(=O)C2CCOCC2)S1. The van der Waals surface area contributed by atoms with Crippen LogP contribution >= 0.6 is 11.8 Å². The normalized spacial score (nSPS) is 26.2. The van der Waals surface area contributed by atoms with Gasteiger partial charge in [-0.05, 0) is 31.4 Å². The van der Waals surface area contributed by atoms with Crippen molar-refractivity contribution >= 4 is 28.6 Å². The minimum atomic E-state index is -0.399. The second kappa shape index (κ2) is 9.07. The highest BCUT2D eigenvalue weighted by molar-refractivity contribution is 8.15. The number of ether oxygens (including phenoxy) is 1. The predicted octanol–water partition coefficient (Wildman–Crippen LogP) is 2.17. The predicted molar refractivity (Wildman–Crippen MR) is 107 cm³/mol. The fourth-order valence-corrected chi connectivity index (χ4v) is 4.99. The van der Waals surface area contributed by atoms with Gasteiger partial charge in [-0.1, -0.05) is 23.9 Å². The smallest absolute Gasteiger partial charge is 0.240 e. The first-order valence-electron chi connectivity index (χ1n) is 9.77. The third kappa shape index (κ3) is 4.56. The van der Waals surface area contributed by atoms with Crippen molar-refractivity contribution in [2.45, 2.75) is 30.6 Å². The maximum Gasteiger partial charge on any atom is 0.240 e. The number of aliphatic imine (C=N–C) groups is 1. The van der Waals surface area contributed by atoms with Crippen molar-refractivity contribution in [2.24, 2.45) is 10.9 Å². The van der Waals surface area contributed by atoms with Gasteiger partial charge in [0.05, 0.1) is 12.8 Å². The van der Waals surface area contributed by atoms with Crippen LogP contribution < -0.4 is 5.32 Å². The number of thioether (sulfide) groups is 1. The van der Waals surface area contributed by atoms with Gasteiger partial charge in [-0.15, -0.1) is 0 Å². The summed E-state index contributed by atoms with van der Waals surface area (Å²) >= 11 is 1.34. The molecule has 150 valence electrons. The molecule has 4 heterocycles. The van der Waals surface area contributed by atoms with Gasteiger partial charge in [0.15, 0.2) is 11.0 Å². The van der Waals surface area contributed by atoms with Crippen molar-refractivity contribution < 1.29 is 18.7 Å². The summed E-state index contributed by atoms with van der Waals surface area (Å²) in [5.74, 6) is 0.709. The van der Waals surface area contributed by atoms with Gasteiger partial charge in [-0.25, -0.2) is 4.99 Å². The number of carbonyl (C=O) groups excluding carboxylic acids is 2. The van der Waals surface area contributed by atoms with Gasteiger partial charge in [-0.2, -0.15) is 0 Å². The molecule has 0 bridgehead atoms. The first-order valence-corrected chi connectivity index (χ1v) is 10.6. The van der Waals surface area contributed by atoms with Crippen LogP contribution in [0.4, 0.5) is 0 Å². The lowest BCUT2D eigenvalue weighted by Crippen LogP contribution is -2.40. The van der Waals surface area contributed by atoms with Crippen molar-refractivity contribution in [3.63, 3.8) is 0 Å². The number of Topliss-reactive ketones (excluding diaryl/α,β-unsaturated/α-hetero) is 1. The number of carbonyl (C=O) groups is 2. The first-order chi connectivity index (χ1) is 13.7. The maximum absolute atomic E-state index is 13.1. The Morgan fingerprint density at radius 1 is 1.29 bits per heavy atom. The Morgan fingerprint density at radius 2 is 2.14 bits per heavy atom. The number of rotatable bonds is 5. The fourth-order valence-electron chi connectivity index (χ4n) is 3.77. The Kier molecular flexibility index (Phi) is 6.29. The van der Waals surface area contributed by atoms with E-state index in [1.807, 2.05) is 6.07 Å². The van der Waals surface area contributed by atoms with Gasteiger partial charge in [0.25, 0.3) is 0 Å². The number of nitrogens with one attached hydrogen (secondary N) is 1. The fraction of sp³-hybridized carbons (Fsp3) is 0.550. The van der Waals surface area contributed by atoms with Gasteiger partial charge in [0.2, 0.25) is 5.91 Å². The molecule has 1 aromatic heterocycles. The molecule has 4 rings (SSSR count). The summed E-state index contributed by atoms with van der Waals surface area (Å²) in [4.78, 5) is 32.3. The summed E-state index contributed by atoms with van der Waals surface area (Å²) in [5.41, 5.74) is 0. The highest BCUT2D eigenvalue weighted by atomic mass is 32.2. The number of furan rings is 1. The Labute approximate surface area is 168 Å². The monoisotopic (exact) mass is 403 g/mol. The van der Waals surface area contributed by atoms with Crippen LogP contribution in [0, 0.1) is 5.92 Å². The molecule has 1 fully saturated rings. The molecule has 1 amide bonds. The van der Waals surface area contributed by atoms with E-state index in [0.717, 1.165) is 32.4 Å². The Hall–Kier alpha value is -1.90. The number of ketones is 1.